The van der Waals surface area contributed by atoms with Gasteiger partial charge >= 0.3 is 6.03 Å². The molecular weight excluding hydrogens is 264 g/mol. The number of rotatable bonds is 5. The van der Waals surface area contributed by atoms with Crippen LogP contribution in [0.1, 0.15) is 12.5 Å². The number of thioether (sulfide) groups is 1. The molecule has 0 heterocycles. The third kappa shape index (κ3) is 5.21. The molecule has 0 saturated heterocycles. The molecule has 0 spiro atoms. The summed E-state index contributed by atoms with van der Waals surface area (Å²) in [5, 5.41) is 4.29. The highest BCUT2D eigenvalue weighted by molar-refractivity contribution is 7.99. The summed E-state index contributed by atoms with van der Waals surface area (Å²) in [7, 11) is 3.09. The highest BCUT2D eigenvalue weighted by Gasteiger charge is 2.15. The van der Waals surface area contributed by atoms with Crippen molar-refractivity contribution in [2.75, 3.05) is 14.2 Å². The monoisotopic (exact) mass is 282 g/mol. The molecule has 2 N–H and O–H groups in total. The largest absolute Gasteiger partial charge is 0.497 e. The maximum absolute atomic E-state index is 11.6. The van der Waals surface area contributed by atoms with Gasteiger partial charge in [-0.25, -0.2) is 4.79 Å². The van der Waals surface area contributed by atoms with Crippen LogP contribution in [0, 0.1) is 0 Å². The van der Waals surface area contributed by atoms with Crippen molar-refractivity contribution in [1.29, 1.82) is 0 Å². The zero-order valence-electron chi connectivity index (χ0n) is 11.2. The number of hydrogen-bond donors (Lipinski definition) is 2. The molecule has 3 amide bonds. The van der Waals surface area contributed by atoms with Crippen LogP contribution in [0.4, 0.5) is 4.79 Å². The number of carbonyl (C=O) groups excluding carboxylic acids is 2. The third-order valence-corrected chi connectivity index (χ3v) is 3.68. The van der Waals surface area contributed by atoms with Crippen molar-refractivity contribution in [1.82, 2.24) is 10.6 Å². The molecule has 1 aromatic rings. The third-order valence-electron chi connectivity index (χ3n) is 2.47. The van der Waals surface area contributed by atoms with Crippen molar-refractivity contribution < 1.29 is 14.3 Å². The molecule has 0 bridgehead atoms. The summed E-state index contributed by atoms with van der Waals surface area (Å²) in [5.41, 5.74) is 1.07. The zero-order valence-corrected chi connectivity index (χ0v) is 12.0. The molecular formula is C13H18N2O3S. The molecule has 0 aliphatic carbocycles. The molecule has 1 atom stereocenters. The van der Waals surface area contributed by atoms with Gasteiger partial charge in [-0.2, -0.15) is 0 Å². The fraction of sp³-hybridized carbons (Fsp3) is 0.385. The number of nitrogens with one attached hydrogen (secondary N) is 2. The van der Waals surface area contributed by atoms with Crippen LogP contribution in [0.2, 0.25) is 0 Å². The molecule has 0 unspecified atom stereocenters. The number of carbonyl (C=O) groups is 2. The Morgan fingerprint density at radius 2 is 2.16 bits per heavy atom. The summed E-state index contributed by atoms with van der Waals surface area (Å²) in [5.74, 6) is 1.17. The standard InChI is InChI=1S/C13H18N2O3S/c1-9(12(16)15-13(17)14-2)19-8-10-5-4-6-11(7-10)18-3/h4-7,9H,8H2,1-3H3,(H2,14,15,16,17)/t9-/m0/s1. The average Bonchev–Trinajstić information content (AvgIpc) is 2.44. The number of amides is 3. The fourth-order valence-electron chi connectivity index (χ4n) is 1.34. The molecule has 19 heavy (non-hydrogen) atoms. The van der Waals surface area contributed by atoms with Crippen LogP contribution in [-0.4, -0.2) is 31.3 Å². The number of benzene rings is 1. The van der Waals surface area contributed by atoms with Crippen molar-refractivity contribution in [3.05, 3.63) is 29.8 Å². The number of urea groups is 1. The molecule has 0 saturated carbocycles. The number of imide groups is 1. The van der Waals surface area contributed by atoms with Crippen molar-refractivity contribution >= 4 is 23.7 Å². The van der Waals surface area contributed by atoms with E-state index in [1.807, 2.05) is 24.3 Å². The summed E-state index contributed by atoms with van der Waals surface area (Å²) in [6.45, 7) is 1.77. The van der Waals surface area contributed by atoms with Gasteiger partial charge in [0.2, 0.25) is 5.91 Å². The van der Waals surface area contributed by atoms with Crippen molar-refractivity contribution in [3.63, 3.8) is 0 Å². The van der Waals surface area contributed by atoms with E-state index in [0.717, 1.165) is 11.3 Å². The summed E-state index contributed by atoms with van der Waals surface area (Å²) in [6.07, 6.45) is 0. The lowest BCUT2D eigenvalue weighted by atomic mass is 10.2. The topological polar surface area (TPSA) is 67.4 Å². The minimum atomic E-state index is -0.487. The van der Waals surface area contributed by atoms with Crippen LogP contribution >= 0.6 is 11.8 Å². The molecule has 0 aliphatic rings. The zero-order chi connectivity index (χ0) is 14.3. The lowest BCUT2D eigenvalue weighted by Gasteiger charge is -2.11. The Morgan fingerprint density at radius 1 is 1.42 bits per heavy atom. The SMILES string of the molecule is CNC(=O)NC(=O)[C@H](C)SCc1cccc(OC)c1. The Hall–Kier alpha value is -1.69. The maximum atomic E-state index is 11.6. The molecule has 6 heteroatoms. The summed E-state index contributed by atoms with van der Waals surface area (Å²) >= 11 is 1.46. The Bertz CT molecular complexity index is 451. The van der Waals surface area contributed by atoms with Crippen LogP contribution in [0.3, 0.4) is 0 Å². The first-order valence-electron chi connectivity index (χ1n) is 5.84. The Labute approximate surface area is 117 Å². The van der Waals surface area contributed by atoms with Gasteiger partial charge in [-0.1, -0.05) is 12.1 Å². The summed E-state index contributed by atoms with van der Waals surface area (Å²) in [4.78, 5) is 22.7. The maximum Gasteiger partial charge on any atom is 0.321 e. The van der Waals surface area contributed by atoms with Crippen LogP contribution in [0.5, 0.6) is 5.75 Å². The molecule has 0 fully saturated rings. The van der Waals surface area contributed by atoms with Gasteiger partial charge in [0.1, 0.15) is 5.75 Å². The molecule has 0 radical (unpaired) electrons. The van der Waals surface area contributed by atoms with E-state index in [2.05, 4.69) is 10.6 Å². The van der Waals surface area contributed by atoms with E-state index in [4.69, 9.17) is 4.74 Å². The normalized spacial score (nSPS) is 11.5. The highest BCUT2D eigenvalue weighted by atomic mass is 32.2. The van der Waals surface area contributed by atoms with Gasteiger partial charge in [0.05, 0.1) is 12.4 Å². The van der Waals surface area contributed by atoms with Gasteiger partial charge in [-0.05, 0) is 24.6 Å². The second-order valence-corrected chi connectivity index (χ2v) is 5.20. The summed E-state index contributed by atoms with van der Waals surface area (Å²) in [6, 6.07) is 7.19. The van der Waals surface area contributed by atoms with Crippen molar-refractivity contribution in [3.8, 4) is 5.75 Å². The van der Waals surface area contributed by atoms with E-state index in [1.165, 1.54) is 18.8 Å². The smallest absolute Gasteiger partial charge is 0.321 e. The number of ether oxygens (including phenoxy) is 1. The van der Waals surface area contributed by atoms with Crippen LogP contribution in [0.15, 0.2) is 24.3 Å². The van der Waals surface area contributed by atoms with Crippen molar-refractivity contribution in [2.45, 2.75) is 17.9 Å². The predicted octanol–water partition coefficient (Wildman–Crippen LogP) is 1.77. The van der Waals surface area contributed by atoms with Crippen LogP contribution < -0.4 is 15.4 Å². The molecule has 1 aromatic carbocycles. The predicted molar refractivity (Wildman–Crippen MR) is 76.3 cm³/mol. The second kappa shape index (κ2) is 7.68. The van der Waals surface area contributed by atoms with E-state index in [-0.39, 0.29) is 11.2 Å². The van der Waals surface area contributed by atoms with Gasteiger partial charge in [0.25, 0.3) is 0 Å². The van der Waals surface area contributed by atoms with Crippen LogP contribution in [-0.2, 0) is 10.5 Å². The number of methoxy groups -OCH3 is 1. The highest BCUT2D eigenvalue weighted by Crippen LogP contribution is 2.21. The van der Waals surface area contributed by atoms with E-state index in [1.54, 1.807) is 14.0 Å². The Morgan fingerprint density at radius 3 is 2.79 bits per heavy atom. The van der Waals surface area contributed by atoms with E-state index >= 15 is 0 Å². The van der Waals surface area contributed by atoms with Gasteiger partial charge in [-0.3, -0.25) is 10.1 Å². The van der Waals surface area contributed by atoms with Crippen LogP contribution in [0.25, 0.3) is 0 Å². The molecule has 1 rings (SSSR count). The first kappa shape index (κ1) is 15.4. The van der Waals surface area contributed by atoms with Crippen molar-refractivity contribution in [2.24, 2.45) is 0 Å². The van der Waals surface area contributed by atoms with E-state index in [0.29, 0.717) is 5.75 Å². The first-order chi connectivity index (χ1) is 9.06. The Balaban J connectivity index is 2.46. The van der Waals surface area contributed by atoms with Gasteiger partial charge in [0, 0.05) is 12.8 Å². The van der Waals surface area contributed by atoms with Gasteiger partial charge < -0.3 is 10.1 Å². The van der Waals surface area contributed by atoms with Gasteiger partial charge in [0.15, 0.2) is 0 Å². The minimum Gasteiger partial charge on any atom is -0.497 e. The first-order valence-corrected chi connectivity index (χ1v) is 6.88. The average molecular weight is 282 g/mol. The lowest BCUT2D eigenvalue weighted by Crippen LogP contribution is -2.41. The Kier molecular flexibility index (Phi) is 6.21. The molecule has 0 aliphatic heterocycles. The fourth-order valence-corrected chi connectivity index (χ4v) is 2.17. The quantitative estimate of drug-likeness (QED) is 0.863. The summed E-state index contributed by atoms with van der Waals surface area (Å²) < 4.78 is 5.13. The minimum absolute atomic E-state index is 0.299. The number of hydrogen-bond acceptors (Lipinski definition) is 4. The lowest BCUT2D eigenvalue weighted by molar-refractivity contribution is -0.119. The van der Waals surface area contributed by atoms with E-state index in [9.17, 15) is 9.59 Å². The molecule has 104 valence electrons. The van der Waals surface area contributed by atoms with E-state index < -0.39 is 6.03 Å². The molecule has 5 nitrogen and oxygen atoms in total. The second-order valence-electron chi connectivity index (χ2n) is 3.87. The molecule has 0 aromatic heterocycles. The van der Waals surface area contributed by atoms with Gasteiger partial charge in [-0.15, -0.1) is 11.8 Å².